The van der Waals surface area contributed by atoms with Crippen LogP contribution in [0.3, 0.4) is 0 Å². The molecule has 3 N–H and O–H groups in total. The van der Waals surface area contributed by atoms with Gasteiger partial charge in [0.1, 0.15) is 5.76 Å². The SMILES string of the molecule is CSCC(C)(O)CNC(C)c1ccc(C(=O)O)o1. The summed E-state index contributed by atoms with van der Waals surface area (Å²) in [5, 5.41) is 21.9. The number of aliphatic hydroxyl groups is 1. The highest BCUT2D eigenvalue weighted by atomic mass is 32.2. The number of hydrogen-bond acceptors (Lipinski definition) is 5. The number of carboxylic acid groups (broad SMARTS) is 1. The first-order valence-corrected chi connectivity index (χ1v) is 7.03. The highest BCUT2D eigenvalue weighted by Crippen LogP contribution is 2.17. The maximum absolute atomic E-state index is 10.7. The minimum absolute atomic E-state index is 0.0745. The molecular weight excluding hydrogens is 254 g/mol. The zero-order valence-electron chi connectivity index (χ0n) is 10.8. The molecule has 0 fully saturated rings. The van der Waals surface area contributed by atoms with Crippen LogP contribution in [-0.4, -0.2) is 40.3 Å². The normalized spacial score (nSPS) is 16.2. The fourth-order valence-corrected chi connectivity index (χ4v) is 2.26. The van der Waals surface area contributed by atoms with E-state index in [1.54, 1.807) is 24.8 Å². The van der Waals surface area contributed by atoms with Crippen molar-refractivity contribution in [1.29, 1.82) is 0 Å². The zero-order valence-corrected chi connectivity index (χ0v) is 11.6. The van der Waals surface area contributed by atoms with Crippen molar-refractivity contribution in [2.24, 2.45) is 0 Å². The van der Waals surface area contributed by atoms with Crippen LogP contribution in [0.15, 0.2) is 16.5 Å². The number of furan rings is 1. The molecule has 0 saturated heterocycles. The first-order chi connectivity index (χ1) is 8.35. The minimum atomic E-state index is -1.08. The average Bonchev–Trinajstić information content (AvgIpc) is 2.75. The fraction of sp³-hybridized carbons (Fsp3) is 0.583. The first kappa shape index (κ1) is 15.1. The summed E-state index contributed by atoms with van der Waals surface area (Å²) in [5.74, 6) is 0.0235. The van der Waals surface area contributed by atoms with Gasteiger partial charge in [-0.3, -0.25) is 0 Å². The molecule has 0 saturated carbocycles. The molecule has 0 bridgehead atoms. The third-order valence-electron chi connectivity index (χ3n) is 2.51. The number of thioether (sulfide) groups is 1. The summed E-state index contributed by atoms with van der Waals surface area (Å²) in [6.45, 7) is 4.03. The number of nitrogens with one attached hydrogen (secondary N) is 1. The summed E-state index contributed by atoms with van der Waals surface area (Å²) in [4.78, 5) is 10.7. The van der Waals surface area contributed by atoms with Crippen LogP contribution in [0, 0.1) is 0 Å². The molecule has 0 spiro atoms. The topological polar surface area (TPSA) is 82.7 Å². The second-order valence-electron chi connectivity index (χ2n) is 4.54. The van der Waals surface area contributed by atoms with Crippen molar-refractivity contribution in [2.75, 3.05) is 18.6 Å². The Kier molecular flexibility index (Phi) is 5.25. The van der Waals surface area contributed by atoms with Crippen LogP contribution in [0.25, 0.3) is 0 Å². The number of carboxylic acids is 1. The Hall–Kier alpha value is -0.980. The van der Waals surface area contributed by atoms with E-state index < -0.39 is 11.6 Å². The Morgan fingerprint density at radius 2 is 2.28 bits per heavy atom. The molecule has 6 heteroatoms. The highest BCUT2D eigenvalue weighted by molar-refractivity contribution is 7.98. The maximum atomic E-state index is 10.7. The third-order valence-corrected chi connectivity index (χ3v) is 3.42. The van der Waals surface area contributed by atoms with Crippen LogP contribution < -0.4 is 5.32 Å². The summed E-state index contributed by atoms with van der Waals surface area (Å²) in [6.07, 6.45) is 1.93. The highest BCUT2D eigenvalue weighted by Gasteiger charge is 2.21. The first-order valence-electron chi connectivity index (χ1n) is 5.63. The van der Waals surface area contributed by atoms with Crippen molar-refractivity contribution in [3.8, 4) is 0 Å². The van der Waals surface area contributed by atoms with Crippen LogP contribution in [-0.2, 0) is 0 Å². The van der Waals surface area contributed by atoms with E-state index in [1.807, 2.05) is 13.2 Å². The average molecular weight is 273 g/mol. The van der Waals surface area contributed by atoms with E-state index in [0.717, 1.165) is 0 Å². The minimum Gasteiger partial charge on any atom is -0.475 e. The summed E-state index contributed by atoms with van der Waals surface area (Å²) < 4.78 is 5.18. The molecule has 0 amide bonds. The van der Waals surface area contributed by atoms with Gasteiger partial charge >= 0.3 is 5.97 Å². The Bertz CT molecular complexity index is 403. The molecule has 0 aliphatic heterocycles. The van der Waals surface area contributed by atoms with Crippen LogP contribution in [0.4, 0.5) is 0 Å². The Morgan fingerprint density at radius 1 is 1.61 bits per heavy atom. The third kappa shape index (κ3) is 4.36. The molecule has 1 heterocycles. The van der Waals surface area contributed by atoms with E-state index in [1.165, 1.54) is 6.07 Å². The lowest BCUT2D eigenvalue weighted by atomic mass is 10.1. The predicted molar refractivity (Wildman–Crippen MR) is 71.1 cm³/mol. The van der Waals surface area contributed by atoms with Gasteiger partial charge in [-0.1, -0.05) is 0 Å². The number of hydrogen-bond donors (Lipinski definition) is 3. The van der Waals surface area contributed by atoms with E-state index in [2.05, 4.69) is 5.32 Å². The molecule has 0 radical (unpaired) electrons. The van der Waals surface area contributed by atoms with Crippen molar-refractivity contribution < 1.29 is 19.4 Å². The van der Waals surface area contributed by atoms with E-state index in [0.29, 0.717) is 18.1 Å². The monoisotopic (exact) mass is 273 g/mol. The van der Waals surface area contributed by atoms with Gasteiger partial charge in [0.15, 0.2) is 0 Å². The van der Waals surface area contributed by atoms with Crippen molar-refractivity contribution >= 4 is 17.7 Å². The van der Waals surface area contributed by atoms with Crippen LogP contribution in [0.5, 0.6) is 0 Å². The number of rotatable bonds is 7. The Morgan fingerprint density at radius 3 is 2.78 bits per heavy atom. The quantitative estimate of drug-likeness (QED) is 0.702. The molecule has 18 heavy (non-hydrogen) atoms. The Labute approximate surface area is 111 Å². The number of aromatic carboxylic acids is 1. The summed E-state index contributed by atoms with van der Waals surface area (Å²) in [7, 11) is 0. The molecule has 102 valence electrons. The summed E-state index contributed by atoms with van der Waals surface area (Å²) in [6, 6.07) is 2.91. The van der Waals surface area contributed by atoms with Crippen molar-refractivity contribution in [3.05, 3.63) is 23.7 Å². The lowest BCUT2D eigenvalue weighted by Gasteiger charge is -2.24. The fourth-order valence-electron chi connectivity index (χ4n) is 1.54. The van der Waals surface area contributed by atoms with Gasteiger partial charge < -0.3 is 19.9 Å². The van der Waals surface area contributed by atoms with E-state index in [4.69, 9.17) is 9.52 Å². The summed E-state index contributed by atoms with van der Waals surface area (Å²) in [5.41, 5.74) is -0.796. The predicted octanol–water partition coefficient (Wildman–Crippen LogP) is 1.74. The lowest BCUT2D eigenvalue weighted by Crippen LogP contribution is -2.40. The van der Waals surface area contributed by atoms with Gasteiger partial charge in [-0.05, 0) is 32.2 Å². The van der Waals surface area contributed by atoms with Crippen LogP contribution in [0.1, 0.15) is 36.2 Å². The maximum Gasteiger partial charge on any atom is 0.371 e. The second kappa shape index (κ2) is 6.26. The second-order valence-corrected chi connectivity index (χ2v) is 5.41. The van der Waals surface area contributed by atoms with Gasteiger partial charge in [0, 0.05) is 12.3 Å². The van der Waals surface area contributed by atoms with E-state index in [-0.39, 0.29) is 11.8 Å². The van der Waals surface area contributed by atoms with Gasteiger partial charge in [0.25, 0.3) is 0 Å². The van der Waals surface area contributed by atoms with Gasteiger partial charge in [0.05, 0.1) is 11.6 Å². The molecule has 1 rings (SSSR count). The Balaban J connectivity index is 2.54. The molecule has 5 nitrogen and oxygen atoms in total. The molecule has 0 aliphatic carbocycles. The summed E-state index contributed by atoms with van der Waals surface area (Å²) >= 11 is 1.57. The van der Waals surface area contributed by atoms with Crippen molar-refractivity contribution in [1.82, 2.24) is 5.32 Å². The van der Waals surface area contributed by atoms with Gasteiger partial charge in [-0.25, -0.2) is 4.79 Å². The van der Waals surface area contributed by atoms with E-state index in [9.17, 15) is 9.90 Å². The smallest absolute Gasteiger partial charge is 0.371 e. The van der Waals surface area contributed by atoms with Crippen LogP contribution >= 0.6 is 11.8 Å². The molecule has 1 aromatic heterocycles. The lowest BCUT2D eigenvalue weighted by molar-refractivity contribution is 0.0655. The zero-order chi connectivity index (χ0) is 13.8. The van der Waals surface area contributed by atoms with Crippen molar-refractivity contribution in [3.63, 3.8) is 0 Å². The van der Waals surface area contributed by atoms with Gasteiger partial charge in [-0.2, -0.15) is 11.8 Å². The van der Waals surface area contributed by atoms with Gasteiger partial charge in [-0.15, -0.1) is 0 Å². The van der Waals surface area contributed by atoms with Crippen LogP contribution in [0.2, 0.25) is 0 Å². The van der Waals surface area contributed by atoms with E-state index >= 15 is 0 Å². The molecule has 1 aromatic rings. The molecule has 2 unspecified atom stereocenters. The van der Waals surface area contributed by atoms with Crippen molar-refractivity contribution in [2.45, 2.75) is 25.5 Å². The van der Waals surface area contributed by atoms with Gasteiger partial charge in [0.2, 0.25) is 5.76 Å². The molecule has 0 aliphatic rings. The molecular formula is C12H19NO4S. The largest absolute Gasteiger partial charge is 0.475 e. The standard InChI is InChI=1S/C12H19NO4S/c1-8(13-6-12(2,16)7-18-3)9-4-5-10(17-9)11(14)15/h4-5,8,13,16H,6-7H2,1-3H3,(H,14,15). The molecule has 2 atom stereocenters. The number of carbonyl (C=O) groups is 1. The molecule has 0 aromatic carbocycles.